The maximum absolute atomic E-state index is 5.76. The summed E-state index contributed by atoms with van der Waals surface area (Å²) in [5.41, 5.74) is 12.5. The lowest BCUT2D eigenvalue weighted by molar-refractivity contribution is 0.583. The Morgan fingerprint density at radius 1 is 1.06 bits per heavy atom. The zero-order chi connectivity index (χ0) is 12.1. The van der Waals surface area contributed by atoms with Gasteiger partial charge in [-0.25, -0.2) is 0 Å². The third-order valence-electron chi connectivity index (χ3n) is 2.90. The van der Waals surface area contributed by atoms with Gasteiger partial charge in [-0.05, 0) is 16.3 Å². The van der Waals surface area contributed by atoms with Crippen molar-refractivity contribution in [1.29, 1.82) is 0 Å². The van der Waals surface area contributed by atoms with Crippen LogP contribution in [0.15, 0.2) is 42.5 Å². The molecule has 2 aromatic rings. The molecule has 0 aliphatic rings. The molecule has 0 spiro atoms. The molecule has 2 aromatic carbocycles. The molecule has 3 heteroatoms. The summed E-state index contributed by atoms with van der Waals surface area (Å²) in [6, 6.07) is 14.8. The third kappa shape index (κ3) is 3.03. The Hall–Kier alpha value is -1.42. The van der Waals surface area contributed by atoms with Crippen LogP contribution in [0.5, 0.6) is 0 Å². The smallest absolute Gasteiger partial charge is 0.0290 e. The predicted molar refractivity (Wildman–Crippen MR) is 72.7 cm³/mol. The zero-order valence-corrected chi connectivity index (χ0v) is 9.89. The molecular formula is C14H19N3. The number of fused-ring (bicyclic) bond motifs is 1. The lowest BCUT2D eigenvalue weighted by atomic mass is 10.0. The Kier molecular flexibility index (Phi) is 4.09. The molecule has 90 valence electrons. The summed E-state index contributed by atoms with van der Waals surface area (Å²) in [6.45, 7) is 2.09. The standard InChI is InChI=1S/C14H19N3/c15-8-13(16)10-17-9-12-6-3-5-11-4-1-2-7-14(11)12/h1-7,13,17H,8-10,15-16H2. The SMILES string of the molecule is NCC(N)CNCc1cccc2ccccc12. The van der Waals surface area contributed by atoms with Crippen molar-refractivity contribution in [1.82, 2.24) is 5.32 Å². The lowest BCUT2D eigenvalue weighted by Crippen LogP contribution is -2.39. The number of nitrogens with two attached hydrogens (primary N) is 2. The van der Waals surface area contributed by atoms with Gasteiger partial charge >= 0.3 is 0 Å². The number of nitrogens with one attached hydrogen (secondary N) is 1. The highest BCUT2D eigenvalue weighted by Gasteiger charge is 2.01. The van der Waals surface area contributed by atoms with E-state index in [1.165, 1.54) is 16.3 Å². The fraction of sp³-hybridized carbons (Fsp3) is 0.286. The lowest BCUT2D eigenvalue weighted by Gasteiger charge is -2.11. The predicted octanol–water partition coefficient (Wildman–Crippen LogP) is 1.22. The van der Waals surface area contributed by atoms with Gasteiger partial charge in [0, 0.05) is 25.7 Å². The highest BCUT2D eigenvalue weighted by molar-refractivity contribution is 5.85. The number of rotatable bonds is 5. The minimum Gasteiger partial charge on any atom is -0.329 e. The van der Waals surface area contributed by atoms with E-state index < -0.39 is 0 Å². The van der Waals surface area contributed by atoms with Crippen LogP contribution in [0, 0.1) is 0 Å². The normalized spacial score (nSPS) is 12.8. The molecule has 0 heterocycles. The fourth-order valence-corrected chi connectivity index (χ4v) is 1.92. The average Bonchev–Trinajstić information content (AvgIpc) is 2.39. The van der Waals surface area contributed by atoms with Gasteiger partial charge in [-0.15, -0.1) is 0 Å². The van der Waals surface area contributed by atoms with Crippen LogP contribution in [0.25, 0.3) is 10.8 Å². The molecule has 0 aromatic heterocycles. The Bertz CT molecular complexity index is 476. The molecule has 5 N–H and O–H groups in total. The molecule has 0 radical (unpaired) electrons. The van der Waals surface area contributed by atoms with Gasteiger partial charge < -0.3 is 16.8 Å². The van der Waals surface area contributed by atoms with Crippen LogP contribution in [-0.2, 0) is 6.54 Å². The van der Waals surface area contributed by atoms with Gasteiger partial charge in [-0.2, -0.15) is 0 Å². The first-order valence-electron chi connectivity index (χ1n) is 5.94. The van der Waals surface area contributed by atoms with Crippen molar-refractivity contribution in [3.63, 3.8) is 0 Å². The van der Waals surface area contributed by atoms with Crippen molar-refractivity contribution in [2.24, 2.45) is 11.5 Å². The minimum absolute atomic E-state index is 0.0324. The van der Waals surface area contributed by atoms with Crippen molar-refractivity contribution in [2.75, 3.05) is 13.1 Å². The maximum atomic E-state index is 5.76. The van der Waals surface area contributed by atoms with Gasteiger partial charge in [0.1, 0.15) is 0 Å². The quantitative estimate of drug-likeness (QED) is 0.722. The molecule has 17 heavy (non-hydrogen) atoms. The van der Waals surface area contributed by atoms with E-state index in [1.54, 1.807) is 0 Å². The van der Waals surface area contributed by atoms with E-state index in [2.05, 4.69) is 47.8 Å². The summed E-state index contributed by atoms with van der Waals surface area (Å²) in [5, 5.41) is 5.91. The third-order valence-corrected chi connectivity index (χ3v) is 2.90. The number of hydrogen-bond donors (Lipinski definition) is 3. The van der Waals surface area contributed by atoms with E-state index in [4.69, 9.17) is 11.5 Å². The van der Waals surface area contributed by atoms with Gasteiger partial charge in [0.25, 0.3) is 0 Å². The van der Waals surface area contributed by atoms with Gasteiger partial charge in [0.2, 0.25) is 0 Å². The van der Waals surface area contributed by atoms with Crippen molar-refractivity contribution in [2.45, 2.75) is 12.6 Å². The number of hydrogen-bond acceptors (Lipinski definition) is 3. The summed E-state index contributed by atoms with van der Waals surface area (Å²) < 4.78 is 0. The summed E-state index contributed by atoms with van der Waals surface area (Å²) in [5.74, 6) is 0. The molecule has 2 rings (SSSR count). The average molecular weight is 229 g/mol. The monoisotopic (exact) mass is 229 g/mol. The zero-order valence-electron chi connectivity index (χ0n) is 9.89. The molecule has 1 atom stereocenters. The molecule has 0 bridgehead atoms. The Balaban J connectivity index is 2.08. The topological polar surface area (TPSA) is 64.1 Å². The van der Waals surface area contributed by atoms with Crippen LogP contribution in [0.4, 0.5) is 0 Å². The second kappa shape index (κ2) is 5.77. The summed E-state index contributed by atoms with van der Waals surface area (Å²) in [7, 11) is 0. The van der Waals surface area contributed by atoms with Crippen LogP contribution in [0.1, 0.15) is 5.56 Å². The molecule has 0 saturated heterocycles. The second-order valence-electron chi connectivity index (χ2n) is 4.26. The van der Waals surface area contributed by atoms with Crippen molar-refractivity contribution >= 4 is 10.8 Å². The van der Waals surface area contributed by atoms with E-state index in [1.807, 2.05) is 0 Å². The van der Waals surface area contributed by atoms with Crippen molar-refractivity contribution in [3.05, 3.63) is 48.0 Å². The van der Waals surface area contributed by atoms with Crippen LogP contribution >= 0.6 is 0 Å². The Morgan fingerprint density at radius 2 is 1.82 bits per heavy atom. The molecule has 0 saturated carbocycles. The number of benzene rings is 2. The minimum atomic E-state index is 0.0324. The van der Waals surface area contributed by atoms with Crippen molar-refractivity contribution < 1.29 is 0 Å². The van der Waals surface area contributed by atoms with Crippen molar-refractivity contribution in [3.8, 4) is 0 Å². The highest BCUT2D eigenvalue weighted by Crippen LogP contribution is 2.17. The van der Waals surface area contributed by atoms with Crippen LogP contribution in [-0.4, -0.2) is 19.1 Å². The molecule has 0 amide bonds. The van der Waals surface area contributed by atoms with E-state index in [-0.39, 0.29) is 6.04 Å². The van der Waals surface area contributed by atoms with Gasteiger partial charge in [0.05, 0.1) is 0 Å². The fourth-order valence-electron chi connectivity index (χ4n) is 1.92. The first-order chi connectivity index (χ1) is 8.31. The van der Waals surface area contributed by atoms with E-state index in [0.717, 1.165) is 13.1 Å². The van der Waals surface area contributed by atoms with Gasteiger partial charge in [-0.3, -0.25) is 0 Å². The first kappa shape index (κ1) is 12.0. The highest BCUT2D eigenvalue weighted by atomic mass is 14.9. The van der Waals surface area contributed by atoms with Crippen LogP contribution < -0.4 is 16.8 Å². The van der Waals surface area contributed by atoms with Gasteiger partial charge in [-0.1, -0.05) is 42.5 Å². The van der Waals surface area contributed by atoms with Crippen LogP contribution in [0.2, 0.25) is 0 Å². The second-order valence-corrected chi connectivity index (χ2v) is 4.26. The molecular weight excluding hydrogens is 210 g/mol. The largest absolute Gasteiger partial charge is 0.329 e. The maximum Gasteiger partial charge on any atom is 0.0290 e. The Labute approximate surface area is 102 Å². The molecule has 0 aliphatic carbocycles. The summed E-state index contributed by atoms with van der Waals surface area (Å²) in [4.78, 5) is 0. The molecule has 3 nitrogen and oxygen atoms in total. The molecule has 1 unspecified atom stereocenters. The van der Waals surface area contributed by atoms with E-state index >= 15 is 0 Å². The van der Waals surface area contributed by atoms with E-state index in [9.17, 15) is 0 Å². The Morgan fingerprint density at radius 3 is 2.65 bits per heavy atom. The molecule has 0 aliphatic heterocycles. The summed E-state index contributed by atoms with van der Waals surface area (Å²) in [6.07, 6.45) is 0. The van der Waals surface area contributed by atoms with Crippen LogP contribution in [0.3, 0.4) is 0 Å². The molecule has 0 fully saturated rings. The summed E-state index contributed by atoms with van der Waals surface area (Å²) >= 11 is 0. The van der Waals surface area contributed by atoms with Gasteiger partial charge in [0.15, 0.2) is 0 Å². The first-order valence-corrected chi connectivity index (χ1v) is 5.94. The van der Waals surface area contributed by atoms with E-state index in [0.29, 0.717) is 6.54 Å².